The molecule has 0 aromatic heterocycles. The van der Waals surface area contributed by atoms with E-state index < -0.39 is 46.4 Å². The van der Waals surface area contributed by atoms with Gasteiger partial charge in [-0.2, -0.15) is 43.8 Å². The second kappa shape index (κ2) is 7.25. The number of hydrogen-bond donors (Lipinski definition) is 0. The van der Waals surface area contributed by atoms with Crippen molar-refractivity contribution in [3.05, 3.63) is 0 Å². The molecule has 0 aromatic carbocycles. The van der Waals surface area contributed by atoms with Crippen LogP contribution in [-0.4, -0.2) is 80.3 Å². The number of rotatable bonds is 7. The van der Waals surface area contributed by atoms with E-state index in [2.05, 4.69) is 0 Å². The first kappa shape index (κ1) is 24.3. The van der Waals surface area contributed by atoms with E-state index in [0.717, 1.165) is 12.8 Å². The molecule has 0 atom stereocenters. The number of quaternary nitrogens is 1. The largest absolute Gasteiger partial charge is 0.460 e. The Labute approximate surface area is 150 Å². The van der Waals surface area contributed by atoms with E-state index in [0.29, 0.717) is 6.54 Å². The summed E-state index contributed by atoms with van der Waals surface area (Å²) in [6.45, 7) is 0.865. The minimum absolute atomic E-state index is 0.0729. The molecule has 162 valence electrons. The van der Waals surface area contributed by atoms with E-state index >= 15 is 0 Å². The van der Waals surface area contributed by atoms with Gasteiger partial charge in [-0.15, -0.1) is 0 Å². The molecule has 0 N–H and O–H groups in total. The Bertz CT molecular complexity index is 626. The van der Waals surface area contributed by atoms with Gasteiger partial charge in [0.05, 0.1) is 39.8 Å². The molecule has 4 nitrogen and oxygen atoms in total. The second-order valence-electron chi connectivity index (χ2n) is 6.71. The lowest BCUT2D eigenvalue weighted by Gasteiger charge is -2.43. The van der Waals surface area contributed by atoms with Gasteiger partial charge in [-0.25, -0.2) is 8.42 Å². The molecule has 1 saturated heterocycles. The van der Waals surface area contributed by atoms with E-state index in [1.807, 2.05) is 6.92 Å². The van der Waals surface area contributed by atoms with Crippen LogP contribution in [0.1, 0.15) is 19.8 Å². The quantitative estimate of drug-likeness (QED) is 0.451. The van der Waals surface area contributed by atoms with Crippen LogP contribution < -0.4 is 0 Å². The summed E-state index contributed by atoms with van der Waals surface area (Å²) in [6, 6.07) is 0. The Balaban J connectivity index is 3.13. The van der Waals surface area contributed by atoms with Crippen LogP contribution in [0.4, 0.5) is 39.5 Å². The number of alkyl halides is 9. The zero-order valence-electron chi connectivity index (χ0n) is 14.5. The number of unbranched alkanes of at least 4 members (excludes halogenated alkanes) is 1. The van der Waals surface area contributed by atoms with Gasteiger partial charge >= 0.3 is 23.3 Å². The van der Waals surface area contributed by atoms with Crippen molar-refractivity contribution in [3.8, 4) is 0 Å². The first-order valence-electron chi connectivity index (χ1n) is 7.91. The predicted molar refractivity (Wildman–Crippen MR) is 77.1 cm³/mol. The highest BCUT2D eigenvalue weighted by atomic mass is 32.2. The standard InChI is InChI=1S/C13H20F9N2O2S/c1-3-4-7-24(2)8-5-23(6-9-24)27(25,26)13(21,22)11(16,17)10(14,15)12(18,19)20/h3-9H2,1-2H3/q+1. The molecular formula is C13H20F9N2O2S+. The molecule has 0 bridgehead atoms. The van der Waals surface area contributed by atoms with Crippen molar-refractivity contribution in [1.82, 2.24) is 4.31 Å². The van der Waals surface area contributed by atoms with Crippen molar-refractivity contribution >= 4 is 10.0 Å². The highest BCUT2D eigenvalue weighted by Gasteiger charge is 2.85. The number of nitrogens with zero attached hydrogens (tertiary/aromatic N) is 2. The minimum atomic E-state index is -7.24. The topological polar surface area (TPSA) is 37.4 Å². The van der Waals surface area contributed by atoms with Crippen LogP contribution in [0.2, 0.25) is 0 Å². The Morgan fingerprint density at radius 2 is 1.33 bits per heavy atom. The molecule has 0 spiro atoms. The molecule has 0 saturated carbocycles. The third-order valence-corrected chi connectivity index (χ3v) is 6.56. The van der Waals surface area contributed by atoms with Crippen LogP contribution >= 0.6 is 0 Å². The van der Waals surface area contributed by atoms with Crippen molar-refractivity contribution in [2.24, 2.45) is 0 Å². The molecule has 14 heteroatoms. The van der Waals surface area contributed by atoms with Gasteiger partial charge in [0.15, 0.2) is 0 Å². The maximum Gasteiger partial charge on any atom is 0.460 e. The van der Waals surface area contributed by atoms with E-state index in [4.69, 9.17) is 0 Å². The normalized spacial score (nSPS) is 20.7. The fourth-order valence-corrected chi connectivity index (χ4v) is 4.04. The average molecular weight is 439 g/mol. The van der Waals surface area contributed by atoms with Gasteiger partial charge in [0.1, 0.15) is 0 Å². The Hall–Kier alpha value is -0.760. The number of hydrogen-bond acceptors (Lipinski definition) is 2. The molecule has 1 fully saturated rings. The zero-order chi connectivity index (χ0) is 21.5. The monoisotopic (exact) mass is 439 g/mol. The fourth-order valence-electron chi connectivity index (χ4n) is 2.62. The van der Waals surface area contributed by atoms with Crippen molar-refractivity contribution < 1.29 is 52.4 Å². The lowest BCUT2D eigenvalue weighted by Crippen LogP contribution is -2.67. The molecule has 1 heterocycles. The first-order valence-corrected chi connectivity index (χ1v) is 9.35. The molecule has 27 heavy (non-hydrogen) atoms. The SMILES string of the molecule is CCCC[N+]1(C)CCN(S(=O)(=O)C(F)(F)C(F)(F)C(F)(F)C(F)(F)F)CC1. The van der Waals surface area contributed by atoms with Gasteiger partial charge in [0.2, 0.25) is 0 Å². The second-order valence-corrected chi connectivity index (χ2v) is 8.69. The van der Waals surface area contributed by atoms with Gasteiger partial charge in [-0.3, -0.25) is 0 Å². The van der Waals surface area contributed by atoms with Gasteiger partial charge in [-0.05, 0) is 6.42 Å². The lowest BCUT2D eigenvalue weighted by atomic mass is 10.1. The summed E-state index contributed by atoms with van der Waals surface area (Å²) in [6.07, 6.45) is -5.56. The van der Waals surface area contributed by atoms with Gasteiger partial charge in [0.25, 0.3) is 10.0 Å². The van der Waals surface area contributed by atoms with Crippen molar-refractivity contribution in [3.63, 3.8) is 0 Å². The van der Waals surface area contributed by atoms with Gasteiger partial charge in [0, 0.05) is 0 Å². The maximum absolute atomic E-state index is 13.8. The van der Waals surface area contributed by atoms with Crippen LogP contribution in [0.15, 0.2) is 0 Å². The minimum Gasteiger partial charge on any atom is -0.324 e. The molecular weight excluding hydrogens is 419 g/mol. The summed E-state index contributed by atoms with van der Waals surface area (Å²) in [7, 11) is -4.80. The van der Waals surface area contributed by atoms with Crippen molar-refractivity contribution in [1.29, 1.82) is 0 Å². The first-order chi connectivity index (χ1) is 11.9. The number of halogens is 9. The predicted octanol–water partition coefficient (Wildman–Crippen LogP) is 3.30. The summed E-state index contributed by atoms with van der Waals surface area (Å²) in [4.78, 5) is 0. The molecule has 1 aliphatic heterocycles. The number of piperazine rings is 1. The van der Waals surface area contributed by atoms with Crippen LogP contribution in [0.25, 0.3) is 0 Å². The molecule has 1 rings (SSSR count). The third kappa shape index (κ3) is 4.02. The molecule has 0 unspecified atom stereocenters. The number of sulfonamides is 1. The third-order valence-electron chi connectivity index (χ3n) is 4.61. The average Bonchev–Trinajstić information content (AvgIpc) is 2.51. The van der Waals surface area contributed by atoms with Crippen molar-refractivity contribution in [2.75, 3.05) is 39.8 Å². The van der Waals surface area contributed by atoms with Crippen LogP contribution in [0.3, 0.4) is 0 Å². The summed E-state index contributed by atoms with van der Waals surface area (Å²) in [5, 5.41) is -6.65. The number of likely N-dealkylation sites (N-methyl/N-ethyl adjacent to an activating group) is 1. The molecule has 0 aliphatic carbocycles. The molecule has 1 aliphatic rings. The highest BCUT2D eigenvalue weighted by molar-refractivity contribution is 7.90. The Morgan fingerprint density at radius 1 is 0.889 bits per heavy atom. The summed E-state index contributed by atoms with van der Waals surface area (Å²) >= 11 is 0. The summed E-state index contributed by atoms with van der Waals surface area (Å²) < 4.78 is 140. The maximum atomic E-state index is 13.8. The summed E-state index contributed by atoms with van der Waals surface area (Å²) in [5.74, 6) is -14.4. The fraction of sp³-hybridized carbons (Fsp3) is 1.00. The van der Waals surface area contributed by atoms with E-state index in [9.17, 15) is 47.9 Å². The smallest absolute Gasteiger partial charge is 0.324 e. The van der Waals surface area contributed by atoms with E-state index in [1.54, 1.807) is 7.05 Å². The molecule has 0 radical (unpaired) electrons. The van der Waals surface area contributed by atoms with Crippen LogP contribution in [-0.2, 0) is 10.0 Å². The van der Waals surface area contributed by atoms with Gasteiger partial charge in [-0.1, -0.05) is 13.3 Å². The molecule has 0 amide bonds. The zero-order valence-corrected chi connectivity index (χ0v) is 15.3. The van der Waals surface area contributed by atoms with Crippen molar-refractivity contribution in [2.45, 2.75) is 43.0 Å². The molecule has 0 aromatic rings. The van der Waals surface area contributed by atoms with Crippen LogP contribution in [0, 0.1) is 0 Å². The van der Waals surface area contributed by atoms with E-state index in [1.165, 1.54) is 0 Å². The highest BCUT2D eigenvalue weighted by Crippen LogP contribution is 2.55. The lowest BCUT2D eigenvalue weighted by molar-refractivity contribution is -0.913. The Morgan fingerprint density at radius 3 is 1.70 bits per heavy atom. The van der Waals surface area contributed by atoms with E-state index in [-0.39, 0.29) is 21.9 Å². The van der Waals surface area contributed by atoms with Gasteiger partial charge < -0.3 is 4.48 Å². The Kier molecular flexibility index (Phi) is 6.52. The summed E-state index contributed by atoms with van der Waals surface area (Å²) in [5.41, 5.74) is 0. The van der Waals surface area contributed by atoms with Crippen LogP contribution in [0.5, 0.6) is 0 Å².